The summed E-state index contributed by atoms with van der Waals surface area (Å²) < 4.78 is 78.7. The summed E-state index contributed by atoms with van der Waals surface area (Å²) in [4.78, 5) is 27.0. The Morgan fingerprint density at radius 1 is 0.970 bits per heavy atom. The maximum Gasteiger partial charge on any atom is 0.416 e. The summed E-state index contributed by atoms with van der Waals surface area (Å²) in [6, 6.07) is 5.72. The SMILES string of the molecule is NC(=O)NC(Cc1c[nH]c2ccccc12)C(=O)NCc1cc(C(F)(F)F)ccc1C(F)(F)F. The highest BCUT2D eigenvalue weighted by atomic mass is 19.4. The second-order valence-electron chi connectivity index (χ2n) is 7.21. The lowest BCUT2D eigenvalue weighted by atomic mass is 10.0. The van der Waals surface area contributed by atoms with Gasteiger partial charge in [0.2, 0.25) is 5.91 Å². The Balaban J connectivity index is 1.83. The highest BCUT2D eigenvalue weighted by molar-refractivity contribution is 5.88. The average Bonchev–Trinajstić information content (AvgIpc) is 3.12. The lowest BCUT2D eigenvalue weighted by Crippen LogP contribution is -2.49. The largest absolute Gasteiger partial charge is 0.416 e. The smallest absolute Gasteiger partial charge is 0.361 e. The maximum atomic E-state index is 13.3. The third-order valence-corrected chi connectivity index (χ3v) is 4.92. The second kappa shape index (κ2) is 9.04. The Bertz CT molecular complexity index is 1170. The number of fused-ring (bicyclic) bond motifs is 1. The Hall–Kier alpha value is -3.70. The summed E-state index contributed by atoms with van der Waals surface area (Å²) in [5, 5.41) is 5.13. The highest BCUT2D eigenvalue weighted by Gasteiger charge is 2.37. The molecule has 176 valence electrons. The Kier molecular flexibility index (Phi) is 6.56. The minimum absolute atomic E-state index is 0.0620. The number of carbonyl (C=O) groups is 2. The van der Waals surface area contributed by atoms with E-state index in [1.807, 2.05) is 0 Å². The number of primary amides is 1. The highest BCUT2D eigenvalue weighted by Crippen LogP contribution is 2.36. The number of carbonyl (C=O) groups excluding carboxylic acids is 2. The van der Waals surface area contributed by atoms with Crippen LogP contribution < -0.4 is 16.4 Å². The molecule has 3 aromatic rings. The monoisotopic (exact) mass is 472 g/mol. The number of halogens is 6. The third-order valence-electron chi connectivity index (χ3n) is 4.92. The molecule has 0 aliphatic carbocycles. The maximum absolute atomic E-state index is 13.3. The average molecular weight is 472 g/mol. The number of rotatable bonds is 6. The number of aromatic nitrogens is 1. The normalized spacial score (nSPS) is 13.0. The number of urea groups is 1. The van der Waals surface area contributed by atoms with Crippen molar-refractivity contribution >= 4 is 22.8 Å². The van der Waals surface area contributed by atoms with Crippen LogP contribution in [-0.2, 0) is 30.1 Å². The Morgan fingerprint density at radius 3 is 2.30 bits per heavy atom. The molecule has 12 heteroatoms. The van der Waals surface area contributed by atoms with Crippen LogP contribution in [0, 0.1) is 0 Å². The number of nitrogens with two attached hydrogens (primary N) is 1. The quantitative estimate of drug-likeness (QED) is 0.406. The van der Waals surface area contributed by atoms with Gasteiger partial charge in [0.1, 0.15) is 6.04 Å². The van der Waals surface area contributed by atoms with E-state index in [-0.39, 0.29) is 6.42 Å². The molecule has 1 heterocycles. The van der Waals surface area contributed by atoms with Gasteiger partial charge in [0.15, 0.2) is 0 Å². The summed E-state index contributed by atoms with van der Waals surface area (Å²) in [5.41, 5.74) is 3.12. The van der Waals surface area contributed by atoms with E-state index in [2.05, 4.69) is 15.6 Å². The molecule has 0 spiro atoms. The number of H-pyrrole nitrogens is 1. The summed E-state index contributed by atoms with van der Waals surface area (Å²) in [6.07, 6.45) is -8.26. The van der Waals surface area contributed by atoms with Gasteiger partial charge in [-0.1, -0.05) is 18.2 Å². The van der Waals surface area contributed by atoms with E-state index in [1.165, 1.54) is 0 Å². The van der Waals surface area contributed by atoms with Gasteiger partial charge in [-0.15, -0.1) is 0 Å². The predicted molar refractivity (Wildman–Crippen MR) is 107 cm³/mol. The van der Waals surface area contributed by atoms with E-state index in [4.69, 9.17) is 5.73 Å². The molecule has 0 saturated heterocycles. The van der Waals surface area contributed by atoms with Crippen LogP contribution in [0.1, 0.15) is 22.3 Å². The minimum Gasteiger partial charge on any atom is -0.361 e. The molecule has 0 fully saturated rings. The van der Waals surface area contributed by atoms with Gasteiger partial charge in [-0.05, 0) is 35.4 Å². The van der Waals surface area contributed by atoms with E-state index in [9.17, 15) is 35.9 Å². The van der Waals surface area contributed by atoms with Gasteiger partial charge in [-0.2, -0.15) is 26.3 Å². The van der Waals surface area contributed by atoms with Gasteiger partial charge in [0.25, 0.3) is 0 Å². The van der Waals surface area contributed by atoms with Gasteiger partial charge in [0.05, 0.1) is 11.1 Å². The summed E-state index contributed by atoms with van der Waals surface area (Å²) in [7, 11) is 0. The van der Waals surface area contributed by atoms with E-state index < -0.39 is 53.6 Å². The van der Waals surface area contributed by atoms with Crippen molar-refractivity contribution in [2.45, 2.75) is 31.4 Å². The Morgan fingerprint density at radius 2 is 1.67 bits per heavy atom. The van der Waals surface area contributed by atoms with Crippen LogP contribution in [0.15, 0.2) is 48.7 Å². The molecule has 0 saturated carbocycles. The van der Waals surface area contributed by atoms with E-state index in [1.54, 1.807) is 30.5 Å². The van der Waals surface area contributed by atoms with E-state index in [0.29, 0.717) is 23.8 Å². The van der Waals surface area contributed by atoms with Crippen LogP contribution in [0.25, 0.3) is 10.9 Å². The number of amides is 3. The van der Waals surface area contributed by atoms with Crippen LogP contribution >= 0.6 is 0 Å². The van der Waals surface area contributed by atoms with Crippen molar-refractivity contribution in [3.05, 3.63) is 70.9 Å². The minimum atomic E-state index is -4.93. The van der Waals surface area contributed by atoms with Crippen molar-refractivity contribution in [2.24, 2.45) is 5.73 Å². The molecule has 2 aromatic carbocycles. The molecule has 1 unspecified atom stereocenters. The second-order valence-corrected chi connectivity index (χ2v) is 7.21. The number of hydrogen-bond acceptors (Lipinski definition) is 2. The van der Waals surface area contributed by atoms with Crippen LogP contribution in [-0.4, -0.2) is 23.0 Å². The fourth-order valence-electron chi connectivity index (χ4n) is 3.40. The van der Waals surface area contributed by atoms with Crippen LogP contribution in [0.4, 0.5) is 31.1 Å². The van der Waals surface area contributed by atoms with Crippen molar-refractivity contribution < 1.29 is 35.9 Å². The molecular weight excluding hydrogens is 454 g/mol. The van der Waals surface area contributed by atoms with Crippen molar-refractivity contribution in [1.82, 2.24) is 15.6 Å². The number of aromatic amines is 1. The number of hydrogen-bond donors (Lipinski definition) is 4. The molecule has 6 nitrogen and oxygen atoms in total. The molecule has 1 aromatic heterocycles. The molecule has 5 N–H and O–H groups in total. The number of benzene rings is 2. The fourth-order valence-corrected chi connectivity index (χ4v) is 3.40. The summed E-state index contributed by atoms with van der Waals surface area (Å²) >= 11 is 0. The molecule has 3 amide bonds. The number of nitrogens with one attached hydrogen (secondary N) is 3. The van der Waals surface area contributed by atoms with Crippen molar-refractivity contribution in [1.29, 1.82) is 0 Å². The Labute approximate surface area is 183 Å². The first-order valence-electron chi connectivity index (χ1n) is 9.52. The van der Waals surface area contributed by atoms with Gasteiger partial charge < -0.3 is 21.4 Å². The zero-order valence-electron chi connectivity index (χ0n) is 16.8. The zero-order chi connectivity index (χ0) is 24.4. The van der Waals surface area contributed by atoms with Crippen molar-refractivity contribution in [3.8, 4) is 0 Å². The predicted octanol–water partition coefficient (Wildman–Crippen LogP) is 4.10. The van der Waals surface area contributed by atoms with Crippen LogP contribution in [0.2, 0.25) is 0 Å². The molecule has 0 aliphatic rings. The molecular formula is C21H18F6N4O2. The molecule has 0 aliphatic heterocycles. The lowest BCUT2D eigenvalue weighted by Gasteiger charge is -2.19. The standard InChI is InChI=1S/C21H18F6N4O2/c22-20(23,24)13-5-6-15(21(25,26)27)12(7-13)10-30-18(32)17(31-19(28)33)8-11-9-29-16-4-2-1-3-14(11)16/h1-7,9,17,29H,8,10H2,(H,30,32)(H3,28,31,33). The van der Waals surface area contributed by atoms with Gasteiger partial charge >= 0.3 is 18.4 Å². The molecule has 1 atom stereocenters. The van der Waals surface area contributed by atoms with Gasteiger partial charge in [0, 0.05) is 30.1 Å². The van der Waals surface area contributed by atoms with E-state index in [0.717, 1.165) is 10.9 Å². The van der Waals surface area contributed by atoms with E-state index >= 15 is 0 Å². The first-order chi connectivity index (χ1) is 15.4. The summed E-state index contributed by atoms with van der Waals surface area (Å²) in [5.74, 6) is -0.912. The number of alkyl halides is 6. The van der Waals surface area contributed by atoms with Crippen LogP contribution in [0.3, 0.4) is 0 Å². The fraction of sp³-hybridized carbons (Fsp3) is 0.238. The molecule has 33 heavy (non-hydrogen) atoms. The molecule has 0 bridgehead atoms. The van der Waals surface area contributed by atoms with Crippen molar-refractivity contribution in [2.75, 3.05) is 0 Å². The first kappa shape index (κ1) is 24.0. The van der Waals surface area contributed by atoms with Gasteiger partial charge in [-0.25, -0.2) is 4.79 Å². The van der Waals surface area contributed by atoms with Gasteiger partial charge in [-0.3, -0.25) is 4.79 Å². The molecule has 0 radical (unpaired) electrons. The molecule has 3 rings (SSSR count). The zero-order valence-corrected chi connectivity index (χ0v) is 16.8. The summed E-state index contributed by atoms with van der Waals surface area (Å²) in [6.45, 7) is -0.845. The van der Waals surface area contributed by atoms with Crippen LogP contribution in [0.5, 0.6) is 0 Å². The topological polar surface area (TPSA) is 100 Å². The third kappa shape index (κ3) is 5.76. The first-order valence-corrected chi connectivity index (χ1v) is 9.52. The van der Waals surface area contributed by atoms with Crippen molar-refractivity contribution in [3.63, 3.8) is 0 Å². The lowest BCUT2D eigenvalue weighted by molar-refractivity contribution is -0.142. The number of para-hydroxylation sites is 1.